The van der Waals surface area contributed by atoms with Crippen LogP contribution in [0.5, 0.6) is 11.6 Å². The molecule has 0 saturated carbocycles. The number of anilines is 1. The van der Waals surface area contributed by atoms with Gasteiger partial charge in [-0.25, -0.2) is 9.18 Å². The average molecular weight is 542 g/mol. The summed E-state index contributed by atoms with van der Waals surface area (Å²) < 4.78 is 65.9. The van der Waals surface area contributed by atoms with Crippen LogP contribution in [0.1, 0.15) is 42.3 Å². The van der Waals surface area contributed by atoms with Crippen LogP contribution in [0.3, 0.4) is 0 Å². The molecule has 2 aromatic heterocycles. The van der Waals surface area contributed by atoms with Gasteiger partial charge in [0.2, 0.25) is 5.88 Å². The monoisotopic (exact) mass is 541 g/mol. The lowest BCUT2D eigenvalue weighted by molar-refractivity contribution is -0.138. The molecule has 0 radical (unpaired) electrons. The molecule has 0 spiro atoms. The Morgan fingerprint density at radius 2 is 2.03 bits per heavy atom. The summed E-state index contributed by atoms with van der Waals surface area (Å²) in [4.78, 5) is 33.1. The summed E-state index contributed by atoms with van der Waals surface area (Å²) in [5.41, 5.74) is -1.65. The van der Waals surface area contributed by atoms with Crippen LogP contribution in [0.25, 0.3) is 0 Å². The number of aromatic amines is 1. The zero-order chi connectivity index (χ0) is 26.3. The largest absolute Gasteiger partial charge is 0.438 e. The number of hydrogen-bond acceptors (Lipinski definition) is 7. The first-order valence-electron chi connectivity index (χ1n) is 11.4. The normalized spacial score (nSPS) is 18.0. The summed E-state index contributed by atoms with van der Waals surface area (Å²) in [6.07, 6.45) is -1.30. The average Bonchev–Trinajstić information content (AvgIpc) is 2.86. The van der Waals surface area contributed by atoms with Gasteiger partial charge in [-0.3, -0.25) is 4.79 Å². The van der Waals surface area contributed by atoms with Crippen LogP contribution in [0.4, 0.5) is 23.2 Å². The van der Waals surface area contributed by atoms with Gasteiger partial charge in [-0.2, -0.15) is 27.9 Å². The molecule has 3 aromatic rings. The molecule has 0 bridgehead atoms. The van der Waals surface area contributed by atoms with Crippen molar-refractivity contribution >= 4 is 17.3 Å². The van der Waals surface area contributed by atoms with Crippen molar-refractivity contribution in [3.05, 3.63) is 72.9 Å². The van der Waals surface area contributed by atoms with Crippen molar-refractivity contribution in [1.29, 1.82) is 0 Å². The number of nitrogens with one attached hydrogen (secondary N) is 1. The zero-order valence-electron chi connectivity index (χ0n) is 19.1. The lowest BCUT2D eigenvalue weighted by Crippen LogP contribution is -2.37. The highest BCUT2D eigenvalue weighted by Crippen LogP contribution is 2.39. The third-order valence-electron chi connectivity index (χ3n) is 6.21. The van der Waals surface area contributed by atoms with Gasteiger partial charge in [-0.1, -0.05) is 11.6 Å². The van der Waals surface area contributed by atoms with E-state index in [1.54, 1.807) is 4.90 Å². The number of hydrogen-bond donors (Lipinski definition) is 1. The minimum Gasteiger partial charge on any atom is -0.438 e. The SMILES string of the molecule is O=c1nc(Oc2ccc(F)cc2C(F)(F)F)c2c([nH]1)CN(c1cnn(C3CCCCO3)c(=O)c1Cl)CC2. The predicted molar refractivity (Wildman–Crippen MR) is 123 cm³/mol. The van der Waals surface area contributed by atoms with E-state index in [9.17, 15) is 27.2 Å². The summed E-state index contributed by atoms with van der Waals surface area (Å²) >= 11 is 6.40. The summed E-state index contributed by atoms with van der Waals surface area (Å²) in [6.45, 7) is 0.858. The smallest absolute Gasteiger partial charge is 0.420 e. The van der Waals surface area contributed by atoms with Crippen molar-refractivity contribution in [1.82, 2.24) is 19.7 Å². The van der Waals surface area contributed by atoms with Crippen LogP contribution in [0.15, 0.2) is 34.0 Å². The Morgan fingerprint density at radius 3 is 2.76 bits per heavy atom. The van der Waals surface area contributed by atoms with E-state index in [0.29, 0.717) is 36.0 Å². The number of nitrogens with zero attached hydrogens (tertiary/aromatic N) is 4. The van der Waals surface area contributed by atoms with Gasteiger partial charge >= 0.3 is 11.9 Å². The van der Waals surface area contributed by atoms with Crippen molar-refractivity contribution in [2.75, 3.05) is 18.1 Å². The highest BCUT2D eigenvalue weighted by molar-refractivity contribution is 6.33. The minimum atomic E-state index is -4.89. The Labute approximate surface area is 211 Å². The second-order valence-electron chi connectivity index (χ2n) is 8.63. The van der Waals surface area contributed by atoms with Crippen molar-refractivity contribution in [2.45, 2.75) is 44.6 Å². The molecule has 1 aromatic carbocycles. The lowest BCUT2D eigenvalue weighted by atomic mass is 10.1. The molecule has 4 heterocycles. The molecule has 1 saturated heterocycles. The highest BCUT2D eigenvalue weighted by atomic mass is 35.5. The number of halogens is 5. The van der Waals surface area contributed by atoms with Crippen molar-refractivity contribution in [3.63, 3.8) is 0 Å². The Kier molecular flexibility index (Phi) is 6.67. The van der Waals surface area contributed by atoms with Gasteiger partial charge in [0.15, 0.2) is 6.23 Å². The van der Waals surface area contributed by atoms with E-state index >= 15 is 0 Å². The first-order valence-corrected chi connectivity index (χ1v) is 11.8. The number of benzene rings is 1. The maximum absolute atomic E-state index is 13.5. The van der Waals surface area contributed by atoms with Gasteiger partial charge in [-0.15, -0.1) is 0 Å². The summed E-state index contributed by atoms with van der Waals surface area (Å²) in [7, 11) is 0. The van der Waals surface area contributed by atoms with Crippen molar-refractivity contribution < 1.29 is 27.0 Å². The molecule has 9 nitrogen and oxygen atoms in total. The molecule has 0 amide bonds. The van der Waals surface area contributed by atoms with Crippen LogP contribution in [-0.4, -0.2) is 32.9 Å². The lowest BCUT2D eigenvalue weighted by Gasteiger charge is -2.31. The Hall–Kier alpha value is -3.45. The first kappa shape index (κ1) is 25.2. The van der Waals surface area contributed by atoms with E-state index in [2.05, 4.69) is 15.1 Å². The van der Waals surface area contributed by atoms with Gasteiger partial charge in [-0.05, 0) is 43.9 Å². The van der Waals surface area contributed by atoms with E-state index in [1.165, 1.54) is 10.9 Å². The molecule has 1 fully saturated rings. The van der Waals surface area contributed by atoms with E-state index in [0.717, 1.165) is 25.0 Å². The Bertz CT molecular complexity index is 1450. The van der Waals surface area contributed by atoms with E-state index in [1.807, 2.05) is 0 Å². The van der Waals surface area contributed by atoms with Crippen molar-refractivity contribution in [2.24, 2.45) is 0 Å². The Morgan fingerprint density at radius 1 is 1.22 bits per heavy atom. The van der Waals surface area contributed by atoms with Gasteiger partial charge in [0.05, 0.1) is 18.4 Å². The number of aromatic nitrogens is 4. The van der Waals surface area contributed by atoms with Crippen LogP contribution in [0.2, 0.25) is 5.02 Å². The maximum Gasteiger partial charge on any atom is 0.420 e. The molecule has 2 aliphatic heterocycles. The summed E-state index contributed by atoms with van der Waals surface area (Å²) in [5.74, 6) is -2.08. The fourth-order valence-corrected chi connectivity index (χ4v) is 4.67. The fraction of sp³-hybridized carbons (Fsp3) is 0.391. The maximum atomic E-state index is 13.5. The number of H-pyrrole nitrogens is 1. The van der Waals surface area contributed by atoms with Gasteiger partial charge in [0.1, 0.15) is 22.2 Å². The van der Waals surface area contributed by atoms with Gasteiger partial charge in [0.25, 0.3) is 5.56 Å². The third-order valence-corrected chi connectivity index (χ3v) is 6.57. The molecule has 2 aliphatic rings. The molecule has 37 heavy (non-hydrogen) atoms. The van der Waals surface area contributed by atoms with E-state index < -0.39 is 40.8 Å². The minimum absolute atomic E-state index is 0.0593. The second-order valence-corrected chi connectivity index (χ2v) is 9.01. The molecular weight excluding hydrogens is 522 g/mol. The third kappa shape index (κ3) is 5.05. The topological polar surface area (TPSA) is 102 Å². The van der Waals surface area contributed by atoms with Crippen LogP contribution < -0.4 is 20.9 Å². The highest BCUT2D eigenvalue weighted by Gasteiger charge is 2.36. The molecule has 196 valence electrons. The molecule has 0 aliphatic carbocycles. The fourth-order valence-electron chi connectivity index (χ4n) is 4.42. The molecule has 14 heteroatoms. The first-order chi connectivity index (χ1) is 17.6. The van der Waals surface area contributed by atoms with Crippen LogP contribution >= 0.6 is 11.6 Å². The summed E-state index contributed by atoms with van der Waals surface area (Å²) in [6, 6.07) is 1.97. The van der Waals surface area contributed by atoms with Crippen LogP contribution in [0, 0.1) is 5.82 Å². The van der Waals surface area contributed by atoms with E-state index in [4.69, 9.17) is 21.1 Å². The quantitative estimate of drug-likeness (QED) is 0.494. The van der Waals surface area contributed by atoms with Gasteiger partial charge < -0.3 is 19.4 Å². The van der Waals surface area contributed by atoms with Crippen LogP contribution in [-0.2, 0) is 23.9 Å². The van der Waals surface area contributed by atoms with E-state index in [-0.39, 0.29) is 30.4 Å². The number of fused-ring (bicyclic) bond motifs is 1. The summed E-state index contributed by atoms with van der Waals surface area (Å²) in [5, 5.41) is 4.16. The molecular formula is C23H20ClF4N5O4. The zero-order valence-corrected chi connectivity index (χ0v) is 19.9. The molecule has 5 rings (SSSR count). The predicted octanol–water partition coefficient (Wildman–Crippen LogP) is 4.19. The number of alkyl halides is 3. The number of rotatable bonds is 4. The molecule has 1 unspecified atom stereocenters. The van der Waals surface area contributed by atoms with Gasteiger partial charge in [0, 0.05) is 24.4 Å². The second kappa shape index (κ2) is 9.78. The standard InChI is InChI=1S/C23H20ClF4N5O4/c24-19-16(10-29-33(21(19)34)18-3-1-2-8-36-18)32-7-6-13-15(11-32)30-22(35)31-20(13)37-17-5-4-12(25)9-14(17)23(26,27)28/h4-5,9-10,18H,1-3,6-8,11H2,(H,30,31,35). The molecule has 1 atom stereocenters. The Balaban J connectivity index is 1.44. The molecule has 1 N–H and O–H groups in total. The van der Waals surface area contributed by atoms with Crippen molar-refractivity contribution in [3.8, 4) is 11.6 Å². The number of ether oxygens (including phenoxy) is 2.